The van der Waals surface area contributed by atoms with E-state index in [1.807, 2.05) is 0 Å². The molecule has 1 heterocycles. The molecule has 0 bridgehead atoms. The molecular weight excluding hydrogens is 260 g/mol. The molecule has 1 unspecified atom stereocenters. The van der Waals surface area contributed by atoms with Gasteiger partial charge in [0, 0.05) is 24.2 Å². The summed E-state index contributed by atoms with van der Waals surface area (Å²) in [5, 5.41) is 9.64. The number of hydrogen-bond donors (Lipinski definition) is 3. The molecule has 18 heavy (non-hydrogen) atoms. The average Bonchev–Trinajstić information content (AvgIpc) is 2.17. The van der Waals surface area contributed by atoms with E-state index >= 15 is 0 Å². The normalized spacial score (nSPS) is 13.6. The second-order valence-corrected chi connectivity index (χ2v) is 5.74. The first-order valence-electron chi connectivity index (χ1n) is 5.25. The van der Waals surface area contributed by atoms with E-state index in [4.69, 9.17) is 10.3 Å². The van der Waals surface area contributed by atoms with Crippen molar-refractivity contribution in [2.75, 3.05) is 0 Å². The lowest BCUT2D eigenvalue weighted by atomic mass is 10.1. The first-order valence-corrected chi connectivity index (χ1v) is 6.85. The summed E-state index contributed by atoms with van der Waals surface area (Å²) in [6.45, 7) is 3.19. The van der Waals surface area contributed by atoms with Gasteiger partial charge in [-0.3, -0.25) is 13.9 Å². The highest BCUT2D eigenvalue weighted by molar-refractivity contribution is 7.85. The zero-order valence-electron chi connectivity index (χ0n) is 10.1. The van der Waals surface area contributed by atoms with Crippen LogP contribution < -0.4 is 11.3 Å². The van der Waals surface area contributed by atoms with Crippen LogP contribution in [0.5, 0.6) is 5.88 Å². The van der Waals surface area contributed by atoms with Crippen molar-refractivity contribution in [3.8, 4) is 5.88 Å². The zero-order chi connectivity index (χ0) is 14.1. The van der Waals surface area contributed by atoms with E-state index in [0.29, 0.717) is 5.56 Å². The maximum Gasteiger partial charge on any atom is 0.269 e. The number of aryl methyl sites for hydroxylation is 1. The number of pyridine rings is 1. The molecule has 0 radical (unpaired) electrons. The van der Waals surface area contributed by atoms with E-state index < -0.39 is 21.4 Å². The summed E-state index contributed by atoms with van der Waals surface area (Å²) in [6.07, 6.45) is 0. The molecule has 1 aromatic heterocycles. The second-order valence-electron chi connectivity index (χ2n) is 4.28. The molecule has 1 atom stereocenters. The Morgan fingerprint density at radius 2 is 2.06 bits per heavy atom. The Hall–Kier alpha value is -1.38. The van der Waals surface area contributed by atoms with Gasteiger partial charge in [-0.1, -0.05) is 0 Å². The Labute approximate surface area is 105 Å². The Morgan fingerprint density at radius 3 is 2.50 bits per heavy atom. The molecule has 1 aromatic rings. The topological polar surface area (TPSA) is 123 Å². The van der Waals surface area contributed by atoms with Gasteiger partial charge in [0.05, 0.1) is 0 Å². The van der Waals surface area contributed by atoms with Crippen molar-refractivity contribution in [1.82, 2.24) is 4.57 Å². The molecule has 0 fully saturated rings. The van der Waals surface area contributed by atoms with Crippen LogP contribution in [0.1, 0.15) is 18.1 Å². The van der Waals surface area contributed by atoms with Gasteiger partial charge < -0.3 is 10.8 Å². The molecule has 0 aliphatic heterocycles. The van der Waals surface area contributed by atoms with Gasteiger partial charge in [0.2, 0.25) is 0 Å². The maximum atomic E-state index is 12.0. The van der Waals surface area contributed by atoms with Gasteiger partial charge in [0.15, 0.2) is 5.88 Å². The van der Waals surface area contributed by atoms with Crippen molar-refractivity contribution in [3.05, 3.63) is 27.5 Å². The Bertz CT molecular complexity index is 603. The smallest absolute Gasteiger partial charge is 0.269 e. The largest absolute Gasteiger partial charge is 0.494 e. The van der Waals surface area contributed by atoms with Gasteiger partial charge in [-0.2, -0.15) is 8.42 Å². The van der Waals surface area contributed by atoms with Gasteiger partial charge in [-0.15, -0.1) is 0 Å². The molecule has 0 aliphatic carbocycles. The summed E-state index contributed by atoms with van der Waals surface area (Å²) >= 11 is 0. The Morgan fingerprint density at radius 1 is 1.50 bits per heavy atom. The molecule has 7 nitrogen and oxygen atoms in total. The van der Waals surface area contributed by atoms with E-state index in [1.165, 1.54) is 13.0 Å². The first kappa shape index (κ1) is 14.7. The number of hydrogen-bond acceptors (Lipinski definition) is 5. The van der Waals surface area contributed by atoms with Crippen LogP contribution in [0.2, 0.25) is 0 Å². The summed E-state index contributed by atoms with van der Waals surface area (Å²) in [5.41, 5.74) is 5.10. The van der Waals surface area contributed by atoms with Crippen LogP contribution in [0, 0.1) is 6.92 Å². The minimum atomic E-state index is -4.31. The predicted octanol–water partition coefficient (Wildman–Crippen LogP) is -0.403. The quantitative estimate of drug-likeness (QED) is 0.643. The second kappa shape index (κ2) is 5.09. The SMILES string of the molecule is Cc1cc(O)n(CC(C)N)c(=O)c1CS(=O)(=O)O. The number of nitrogens with zero attached hydrogens (tertiary/aromatic N) is 1. The molecule has 0 aliphatic rings. The maximum absolute atomic E-state index is 12.0. The van der Waals surface area contributed by atoms with Crippen molar-refractivity contribution in [2.45, 2.75) is 32.2 Å². The fourth-order valence-corrected chi connectivity index (χ4v) is 2.33. The van der Waals surface area contributed by atoms with Crippen molar-refractivity contribution in [2.24, 2.45) is 5.73 Å². The monoisotopic (exact) mass is 276 g/mol. The summed E-state index contributed by atoms with van der Waals surface area (Å²) < 4.78 is 31.5. The number of aromatic nitrogens is 1. The third kappa shape index (κ3) is 3.56. The molecule has 4 N–H and O–H groups in total. The highest BCUT2D eigenvalue weighted by atomic mass is 32.2. The van der Waals surface area contributed by atoms with Crippen LogP contribution in [0.3, 0.4) is 0 Å². The lowest BCUT2D eigenvalue weighted by molar-refractivity contribution is 0.394. The summed E-state index contributed by atoms with van der Waals surface area (Å²) in [7, 11) is -4.31. The zero-order valence-corrected chi connectivity index (χ0v) is 10.9. The Balaban J connectivity index is 3.40. The first-order chi connectivity index (χ1) is 8.11. The summed E-state index contributed by atoms with van der Waals surface area (Å²) in [4.78, 5) is 12.0. The van der Waals surface area contributed by atoms with Crippen LogP contribution in [-0.2, 0) is 22.4 Å². The minimum Gasteiger partial charge on any atom is -0.494 e. The van der Waals surface area contributed by atoms with E-state index in [9.17, 15) is 18.3 Å². The van der Waals surface area contributed by atoms with E-state index in [2.05, 4.69) is 0 Å². The highest BCUT2D eigenvalue weighted by Crippen LogP contribution is 2.14. The average molecular weight is 276 g/mol. The van der Waals surface area contributed by atoms with Crippen LogP contribution in [0.4, 0.5) is 0 Å². The third-order valence-electron chi connectivity index (χ3n) is 2.40. The van der Waals surface area contributed by atoms with Gasteiger partial charge in [0.1, 0.15) is 5.75 Å². The van der Waals surface area contributed by atoms with E-state index in [-0.39, 0.29) is 24.0 Å². The molecule has 8 heteroatoms. The molecule has 0 saturated carbocycles. The van der Waals surface area contributed by atoms with Crippen molar-refractivity contribution >= 4 is 10.1 Å². The van der Waals surface area contributed by atoms with Crippen molar-refractivity contribution in [1.29, 1.82) is 0 Å². The third-order valence-corrected chi connectivity index (χ3v) is 3.05. The van der Waals surface area contributed by atoms with Crippen LogP contribution in [0.15, 0.2) is 10.9 Å². The Kier molecular flexibility index (Phi) is 4.15. The molecular formula is C10H16N2O5S. The molecule has 1 rings (SSSR count). The van der Waals surface area contributed by atoms with Crippen LogP contribution in [0.25, 0.3) is 0 Å². The van der Waals surface area contributed by atoms with Crippen molar-refractivity contribution < 1.29 is 18.1 Å². The number of nitrogens with two attached hydrogens (primary N) is 1. The summed E-state index contributed by atoms with van der Waals surface area (Å²) in [6, 6.07) is 0.888. The molecule has 0 saturated heterocycles. The molecule has 0 aromatic carbocycles. The highest BCUT2D eigenvalue weighted by Gasteiger charge is 2.17. The van der Waals surface area contributed by atoms with E-state index in [1.54, 1.807) is 6.92 Å². The molecule has 102 valence electrons. The van der Waals surface area contributed by atoms with Gasteiger partial charge in [-0.05, 0) is 19.4 Å². The minimum absolute atomic E-state index is 0.0590. The van der Waals surface area contributed by atoms with Gasteiger partial charge >= 0.3 is 0 Å². The standard InChI is InChI=1S/C10H16N2O5S/c1-6-3-9(13)12(4-7(2)11)10(14)8(6)5-18(15,16)17/h3,7,13H,4-5,11H2,1-2H3,(H,15,16,17). The number of rotatable bonds is 4. The molecule has 0 amide bonds. The predicted molar refractivity (Wildman–Crippen MR) is 66.0 cm³/mol. The molecule has 0 spiro atoms. The van der Waals surface area contributed by atoms with Crippen LogP contribution >= 0.6 is 0 Å². The number of aromatic hydroxyl groups is 1. The fourth-order valence-electron chi connectivity index (χ4n) is 1.62. The lowest BCUT2D eigenvalue weighted by Gasteiger charge is -2.14. The van der Waals surface area contributed by atoms with E-state index in [0.717, 1.165) is 4.57 Å². The summed E-state index contributed by atoms with van der Waals surface area (Å²) in [5.74, 6) is -1.06. The lowest BCUT2D eigenvalue weighted by Crippen LogP contribution is -2.32. The fraction of sp³-hybridized carbons (Fsp3) is 0.500. The van der Waals surface area contributed by atoms with Gasteiger partial charge in [0.25, 0.3) is 15.7 Å². The van der Waals surface area contributed by atoms with Crippen LogP contribution in [-0.4, -0.2) is 28.7 Å². The van der Waals surface area contributed by atoms with Gasteiger partial charge in [-0.25, -0.2) is 0 Å². The van der Waals surface area contributed by atoms with Crippen molar-refractivity contribution in [3.63, 3.8) is 0 Å².